The third-order valence-corrected chi connectivity index (χ3v) is 5.03. The van der Waals surface area contributed by atoms with E-state index in [9.17, 15) is 4.79 Å². The van der Waals surface area contributed by atoms with Gasteiger partial charge >= 0.3 is 5.97 Å². The summed E-state index contributed by atoms with van der Waals surface area (Å²) in [7, 11) is 2.04. The van der Waals surface area contributed by atoms with Gasteiger partial charge in [0.2, 0.25) is 0 Å². The number of carboxylic acids is 1. The molecular formula is C23H27NO3. The molecule has 1 atom stereocenters. The van der Waals surface area contributed by atoms with Crippen LogP contribution < -0.4 is 0 Å². The number of carboxylic acid groups (broad SMARTS) is 1. The van der Waals surface area contributed by atoms with Crippen molar-refractivity contribution < 1.29 is 14.6 Å². The zero-order chi connectivity index (χ0) is 19.1. The molecule has 4 heteroatoms. The molecule has 0 radical (unpaired) electrons. The molecule has 0 aliphatic heterocycles. The molecule has 0 saturated heterocycles. The number of aliphatic carboxylic acids is 1. The number of hydrogen-bond acceptors (Lipinski definition) is 2. The summed E-state index contributed by atoms with van der Waals surface area (Å²) in [6.07, 6.45) is 4.85. The van der Waals surface area contributed by atoms with Gasteiger partial charge < -0.3 is 14.4 Å². The van der Waals surface area contributed by atoms with Crippen LogP contribution in [0.1, 0.15) is 42.7 Å². The molecule has 0 amide bonds. The zero-order valence-corrected chi connectivity index (χ0v) is 15.8. The first-order valence-electron chi connectivity index (χ1n) is 9.52. The Morgan fingerprint density at radius 1 is 1.07 bits per heavy atom. The Bertz CT molecular complexity index is 870. The van der Waals surface area contributed by atoms with E-state index in [-0.39, 0.29) is 12.3 Å². The smallest absolute Gasteiger partial charge is 0.303 e. The normalized spacial score (nSPS) is 12.3. The first-order chi connectivity index (χ1) is 13.1. The van der Waals surface area contributed by atoms with Gasteiger partial charge in [-0.05, 0) is 42.4 Å². The lowest BCUT2D eigenvalue weighted by atomic mass is 9.90. The van der Waals surface area contributed by atoms with Crippen molar-refractivity contribution in [3.63, 3.8) is 0 Å². The van der Waals surface area contributed by atoms with Gasteiger partial charge in [-0.2, -0.15) is 0 Å². The van der Waals surface area contributed by atoms with Gasteiger partial charge in [0.05, 0.1) is 6.61 Å². The minimum absolute atomic E-state index is 0.193. The second-order valence-corrected chi connectivity index (χ2v) is 7.02. The Kier molecular flexibility index (Phi) is 6.66. The van der Waals surface area contributed by atoms with Crippen LogP contribution in [0, 0.1) is 0 Å². The van der Waals surface area contributed by atoms with Crippen molar-refractivity contribution in [1.82, 2.24) is 4.57 Å². The Balaban J connectivity index is 1.62. The number of para-hydroxylation sites is 1. The van der Waals surface area contributed by atoms with Crippen LogP contribution in [0.15, 0.2) is 60.8 Å². The molecule has 1 aromatic heterocycles. The maximum atomic E-state index is 11.1. The van der Waals surface area contributed by atoms with Crippen LogP contribution in [-0.4, -0.2) is 22.2 Å². The Labute approximate surface area is 160 Å². The van der Waals surface area contributed by atoms with E-state index in [1.54, 1.807) is 0 Å². The number of fused-ring (bicyclic) bond motifs is 1. The predicted molar refractivity (Wildman–Crippen MR) is 108 cm³/mol. The van der Waals surface area contributed by atoms with Crippen molar-refractivity contribution >= 4 is 16.9 Å². The van der Waals surface area contributed by atoms with Crippen LogP contribution in [0.25, 0.3) is 10.9 Å². The van der Waals surface area contributed by atoms with Crippen LogP contribution in [-0.2, 0) is 23.2 Å². The van der Waals surface area contributed by atoms with E-state index >= 15 is 0 Å². The fourth-order valence-corrected chi connectivity index (χ4v) is 3.65. The lowest BCUT2D eigenvalue weighted by molar-refractivity contribution is -0.137. The lowest BCUT2D eigenvalue weighted by Crippen LogP contribution is -2.05. The molecule has 0 unspecified atom stereocenters. The van der Waals surface area contributed by atoms with Gasteiger partial charge in [-0.25, -0.2) is 0 Å². The quantitative estimate of drug-likeness (QED) is 0.507. The summed E-state index contributed by atoms with van der Waals surface area (Å²) in [5.74, 6) is -0.506. The average Bonchev–Trinajstić information content (AvgIpc) is 3.01. The third-order valence-electron chi connectivity index (χ3n) is 5.03. The third kappa shape index (κ3) is 5.20. The molecular weight excluding hydrogens is 338 g/mol. The van der Waals surface area contributed by atoms with Gasteiger partial charge in [0.25, 0.3) is 0 Å². The Morgan fingerprint density at radius 2 is 1.81 bits per heavy atom. The Hall–Kier alpha value is -2.59. The number of ether oxygens (including phenoxy) is 1. The predicted octanol–water partition coefficient (Wildman–Crippen LogP) is 5.12. The second kappa shape index (κ2) is 9.38. The molecule has 1 heterocycles. The SMILES string of the molecule is Cn1cc([C@H](CCCOCc2ccccc2)CCC(=O)O)c2ccccc21. The van der Waals surface area contributed by atoms with Crippen molar-refractivity contribution in [2.24, 2.45) is 7.05 Å². The molecule has 3 rings (SSSR count). The molecule has 1 N–H and O–H groups in total. The molecule has 2 aromatic carbocycles. The number of rotatable bonds is 10. The molecule has 0 spiro atoms. The summed E-state index contributed by atoms with van der Waals surface area (Å²) >= 11 is 0. The standard InChI is InChI=1S/C23H27NO3/c1-24-16-21(20-11-5-6-12-22(20)24)19(13-14-23(25)26)10-7-15-27-17-18-8-3-2-4-9-18/h2-6,8-9,11-12,16,19H,7,10,13-15,17H2,1H3,(H,25,26)/t19-/m1/s1. The topological polar surface area (TPSA) is 51.5 Å². The molecule has 4 nitrogen and oxygen atoms in total. The number of aromatic nitrogens is 1. The van der Waals surface area contributed by atoms with Crippen molar-refractivity contribution in [1.29, 1.82) is 0 Å². The highest BCUT2D eigenvalue weighted by Gasteiger charge is 2.18. The van der Waals surface area contributed by atoms with Crippen LogP contribution in [0.4, 0.5) is 0 Å². The van der Waals surface area contributed by atoms with Crippen molar-refractivity contribution in [2.75, 3.05) is 6.61 Å². The molecule has 0 aliphatic rings. The summed E-state index contributed by atoms with van der Waals surface area (Å²) < 4.78 is 7.93. The molecule has 0 aliphatic carbocycles. The van der Waals surface area contributed by atoms with Gasteiger partial charge in [-0.1, -0.05) is 48.5 Å². The summed E-state index contributed by atoms with van der Waals surface area (Å²) in [4.78, 5) is 11.1. The highest BCUT2D eigenvalue weighted by atomic mass is 16.5. The largest absolute Gasteiger partial charge is 0.481 e. The number of carbonyl (C=O) groups is 1. The summed E-state index contributed by atoms with van der Waals surface area (Å²) in [6.45, 7) is 1.30. The molecule has 0 fully saturated rings. The highest BCUT2D eigenvalue weighted by Crippen LogP contribution is 2.33. The minimum atomic E-state index is -0.736. The fraction of sp³-hybridized carbons (Fsp3) is 0.348. The maximum Gasteiger partial charge on any atom is 0.303 e. The number of aryl methyl sites for hydroxylation is 1. The Morgan fingerprint density at radius 3 is 2.59 bits per heavy atom. The number of nitrogens with zero attached hydrogens (tertiary/aromatic N) is 1. The minimum Gasteiger partial charge on any atom is -0.481 e. The van der Waals surface area contributed by atoms with E-state index < -0.39 is 5.97 Å². The van der Waals surface area contributed by atoms with Gasteiger partial charge in [0, 0.05) is 37.2 Å². The molecule has 0 saturated carbocycles. The first-order valence-corrected chi connectivity index (χ1v) is 9.52. The van der Waals surface area contributed by atoms with Gasteiger partial charge in [-0.3, -0.25) is 4.79 Å². The summed E-state index contributed by atoms with van der Waals surface area (Å²) in [6, 6.07) is 18.5. The second-order valence-electron chi connectivity index (χ2n) is 7.02. The van der Waals surface area contributed by atoms with Crippen LogP contribution in [0.3, 0.4) is 0 Å². The van der Waals surface area contributed by atoms with Crippen LogP contribution >= 0.6 is 0 Å². The van der Waals surface area contributed by atoms with E-state index in [2.05, 4.69) is 35.0 Å². The zero-order valence-electron chi connectivity index (χ0n) is 15.8. The van der Waals surface area contributed by atoms with Crippen molar-refractivity contribution in [3.05, 3.63) is 71.9 Å². The van der Waals surface area contributed by atoms with Crippen molar-refractivity contribution in [3.8, 4) is 0 Å². The van der Waals surface area contributed by atoms with E-state index in [0.29, 0.717) is 19.6 Å². The van der Waals surface area contributed by atoms with Crippen LogP contribution in [0.5, 0.6) is 0 Å². The monoisotopic (exact) mass is 365 g/mol. The van der Waals surface area contributed by atoms with E-state index in [4.69, 9.17) is 9.84 Å². The molecule has 0 bridgehead atoms. The van der Waals surface area contributed by atoms with Crippen LogP contribution in [0.2, 0.25) is 0 Å². The van der Waals surface area contributed by atoms with Gasteiger partial charge in [0.1, 0.15) is 0 Å². The van der Waals surface area contributed by atoms with E-state index in [1.165, 1.54) is 22.0 Å². The number of hydrogen-bond donors (Lipinski definition) is 1. The van der Waals surface area contributed by atoms with E-state index in [1.807, 2.05) is 37.4 Å². The first kappa shape index (κ1) is 19.2. The number of benzene rings is 2. The molecule has 142 valence electrons. The lowest BCUT2D eigenvalue weighted by Gasteiger charge is -2.16. The summed E-state index contributed by atoms with van der Waals surface area (Å²) in [5, 5.41) is 10.4. The summed E-state index contributed by atoms with van der Waals surface area (Å²) in [5.41, 5.74) is 3.61. The van der Waals surface area contributed by atoms with E-state index in [0.717, 1.165) is 12.8 Å². The van der Waals surface area contributed by atoms with Gasteiger partial charge in [-0.15, -0.1) is 0 Å². The van der Waals surface area contributed by atoms with Gasteiger partial charge in [0.15, 0.2) is 0 Å². The fourth-order valence-electron chi connectivity index (χ4n) is 3.65. The molecule has 27 heavy (non-hydrogen) atoms. The molecule has 3 aromatic rings. The average molecular weight is 365 g/mol. The van der Waals surface area contributed by atoms with Crippen molar-refractivity contribution in [2.45, 2.75) is 38.2 Å². The maximum absolute atomic E-state index is 11.1. The highest BCUT2D eigenvalue weighted by molar-refractivity contribution is 5.84.